The van der Waals surface area contributed by atoms with Crippen LogP contribution in [-0.2, 0) is 0 Å². The molecule has 2 fully saturated rings. The van der Waals surface area contributed by atoms with Crippen molar-refractivity contribution in [1.29, 1.82) is 0 Å². The third-order valence-electron chi connectivity index (χ3n) is 5.88. The van der Waals surface area contributed by atoms with Crippen LogP contribution in [0.4, 0.5) is 10.5 Å². The van der Waals surface area contributed by atoms with E-state index >= 15 is 0 Å². The van der Waals surface area contributed by atoms with E-state index in [0.717, 1.165) is 38.2 Å². The van der Waals surface area contributed by atoms with Gasteiger partial charge in [-0.3, -0.25) is 4.90 Å². The average molecular weight is 413 g/mol. The molecule has 1 saturated heterocycles. The highest BCUT2D eigenvalue weighted by Gasteiger charge is 2.33. The van der Waals surface area contributed by atoms with Gasteiger partial charge in [0.1, 0.15) is 0 Å². The molecule has 1 heterocycles. The minimum absolute atomic E-state index is 0.0183. The van der Waals surface area contributed by atoms with Gasteiger partial charge in [-0.15, -0.1) is 0 Å². The summed E-state index contributed by atoms with van der Waals surface area (Å²) >= 11 is 12.5. The van der Waals surface area contributed by atoms with Gasteiger partial charge in [-0.2, -0.15) is 0 Å². The number of nitrogens with zero attached hydrogens (tertiary/aromatic N) is 3. The van der Waals surface area contributed by atoms with Crippen LogP contribution >= 0.6 is 23.2 Å². The van der Waals surface area contributed by atoms with Crippen molar-refractivity contribution in [1.82, 2.24) is 15.1 Å². The number of halogens is 2. The second-order valence-corrected chi connectivity index (χ2v) is 8.92. The number of hydrogen-bond acceptors (Lipinski definition) is 3. The molecule has 0 atom stereocenters. The molecule has 0 aromatic heterocycles. The Morgan fingerprint density at radius 2 is 1.81 bits per heavy atom. The Morgan fingerprint density at radius 1 is 1.15 bits per heavy atom. The van der Waals surface area contributed by atoms with Crippen molar-refractivity contribution in [2.75, 3.05) is 45.7 Å². The van der Waals surface area contributed by atoms with Crippen molar-refractivity contribution in [3.05, 3.63) is 28.2 Å². The standard InChI is InChI=1S/C20H30Cl2N4O/c1-24(2)20(27)23-15-9-7-14(8-10-15)11-25(3)16-12-26(13-16)18-6-4-5-17(21)19(18)22/h4-6,14-16H,7-13H2,1-3H3,(H,23,27). The Kier molecular flexibility index (Phi) is 6.77. The number of benzene rings is 1. The molecule has 0 spiro atoms. The number of carbonyl (C=O) groups is 1. The first-order chi connectivity index (χ1) is 12.8. The smallest absolute Gasteiger partial charge is 0.317 e. The second-order valence-electron chi connectivity index (χ2n) is 8.13. The molecule has 7 heteroatoms. The maximum absolute atomic E-state index is 11.8. The van der Waals surface area contributed by atoms with E-state index in [1.807, 2.05) is 18.2 Å². The van der Waals surface area contributed by atoms with Gasteiger partial charge < -0.3 is 15.1 Å². The molecule has 2 aliphatic rings. The molecular formula is C20H30Cl2N4O. The summed E-state index contributed by atoms with van der Waals surface area (Å²) in [6.07, 6.45) is 4.51. The number of carbonyl (C=O) groups excluding carboxylic acids is 1. The number of rotatable bonds is 5. The molecule has 1 aromatic carbocycles. The summed E-state index contributed by atoms with van der Waals surface area (Å²) < 4.78 is 0. The zero-order valence-corrected chi connectivity index (χ0v) is 17.9. The molecule has 1 aromatic rings. The van der Waals surface area contributed by atoms with Crippen LogP contribution in [0, 0.1) is 5.92 Å². The number of nitrogens with one attached hydrogen (secondary N) is 1. The van der Waals surface area contributed by atoms with Gasteiger partial charge >= 0.3 is 6.03 Å². The van der Waals surface area contributed by atoms with Gasteiger partial charge in [-0.25, -0.2) is 4.79 Å². The van der Waals surface area contributed by atoms with E-state index in [2.05, 4.69) is 22.2 Å². The van der Waals surface area contributed by atoms with Crippen LogP contribution in [0.3, 0.4) is 0 Å². The van der Waals surface area contributed by atoms with Crippen LogP contribution in [0.5, 0.6) is 0 Å². The first-order valence-corrected chi connectivity index (χ1v) is 10.5. The van der Waals surface area contributed by atoms with Crippen LogP contribution in [0.15, 0.2) is 18.2 Å². The molecule has 0 bridgehead atoms. The number of amides is 2. The predicted molar refractivity (Wildman–Crippen MR) is 113 cm³/mol. The molecule has 1 aliphatic carbocycles. The summed E-state index contributed by atoms with van der Waals surface area (Å²) in [7, 11) is 5.80. The maximum Gasteiger partial charge on any atom is 0.317 e. The SMILES string of the molecule is CN(C)C(=O)NC1CCC(CN(C)C2CN(c3cccc(Cl)c3Cl)C2)CC1. The molecule has 1 aliphatic heterocycles. The van der Waals surface area contributed by atoms with E-state index in [9.17, 15) is 4.79 Å². The Hall–Kier alpha value is -1.17. The second kappa shape index (κ2) is 8.89. The van der Waals surface area contributed by atoms with Crippen molar-refractivity contribution >= 4 is 34.9 Å². The fourth-order valence-corrected chi connectivity index (χ4v) is 4.43. The quantitative estimate of drug-likeness (QED) is 0.795. The van der Waals surface area contributed by atoms with Crippen LogP contribution in [0.25, 0.3) is 0 Å². The van der Waals surface area contributed by atoms with Crippen molar-refractivity contribution in [2.24, 2.45) is 5.92 Å². The molecule has 0 radical (unpaired) electrons. The van der Waals surface area contributed by atoms with Gasteiger partial charge in [-0.05, 0) is 50.8 Å². The molecule has 0 unspecified atom stereocenters. The fourth-order valence-electron chi connectivity index (χ4n) is 4.02. The van der Waals surface area contributed by atoms with E-state index in [0.29, 0.717) is 28.0 Å². The number of likely N-dealkylation sites (N-methyl/N-ethyl adjacent to an activating group) is 1. The van der Waals surface area contributed by atoms with Crippen LogP contribution in [0.1, 0.15) is 25.7 Å². The van der Waals surface area contributed by atoms with Crippen LogP contribution < -0.4 is 10.2 Å². The van der Waals surface area contributed by atoms with Crippen molar-refractivity contribution in [2.45, 2.75) is 37.8 Å². The lowest BCUT2D eigenvalue weighted by molar-refractivity contribution is 0.150. The lowest BCUT2D eigenvalue weighted by atomic mass is 9.85. The lowest BCUT2D eigenvalue weighted by Gasteiger charge is -2.47. The van der Waals surface area contributed by atoms with Crippen molar-refractivity contribution < 1.29 is 4.79 Å². The molecule has 1 saturated carbocycles. The van der Waals surface area contributed by atoms with Gasteiger partial charge in [0.25, 0.3) is 0 Å². The number of hydrogen-bond donors (Lipinski definition) is 1. The molecule has 1 N–H and O–H groups in total. The Labute approximate surface area is 172 Å². The highest BCUT2D eigenvalue weighted by molar-refractivity contribution is 6.43. The lowest BCUT2D eigenvalue weighted by Crippen LogP contribution is -2.59. The Balaban J connectivity index is 1.40. The van der Waals surface area contributed by atoms with E-state index in [1.54, 1.807) is 19.0 Å². The zero-order valence-electron chi connectivity index (χ0n) is 16.4. The molecule has 2 amide bonds. The fraction of sp³-hybridized carbons (Fsp3) is 0.650. The first kappa shape index (κ1) is 20.6. The minimum atomic E-state index is 0.0183. The summed E-state index contributed by atoms with van der Waals surface area (Å²) in [6.45, 7) is 3.10. The van der Waals surface area contributed by atoms with Crippen molar-refractivity contribution in [3.8, 4) is 0 Å². The van der Waals surface area contributed by atoms with Gasteiger partial charge in [0.15, 0.2) is 0 Å². The Morgan fingerprint density at radius 3 is 2.44 bits per heavy atom. The largest absolute Gasteiger partial charge is 0.367 e. The average Bonchev–Trinajstić information content (AvgIpc) is 2.59. The third-order valence-corrected chi connectivity index (χ3v) is 6.69. The van der Waals surface area contributed by atoms with E-state index in [4.69, 9.17) is 23.2 Å². The predicted octanol–water partition coefficient (Wildman–Crippen LogP) is 3.94. The van der Waals surface area contributed by atoms with Crippen LogP contribution in [0.2, 0.25) is 10.0 Å². The topological polar surface area (TPSA) is 38.8 Å². The van der Waals surface area contributed by atoms with E-state index in [-0.39, 0.29) is 6.03 Å². The number of urea groups is 1. The summed E-state index contributed by atoms with van der Waals surface area (Å²) in [5.41, 5.74) is 1.03. The van der Waals surface area contributed by atoms with Crippen molar-refractivity contribution in [3.63, 3.8) is 0 Å². The molecule has 3 rings (SSSR count). The molecule has 150 valence electrons. The monoisotopic (exact) mass is 412 g/mol. The summed E-state index contributed by atoms with van der Waals surface area (Å²) in [4.78, 5) is 18.2. The summed E-state index contributed by atoms with van der Waals surface area (Å²) in [5.74, 6) is 0.714. The Bertz CT molecular complexity index is 655. The summed E-state index contributed by atoms with van der Waals surface area (Å²) in [5, 5.41) is 4.38. The third kappa shape index (κ3) is 5.01. The van der Waals surface area contributed by atoms with Gasteiger partial charge in [-0.1, -0.05) is 29.3 Å². The van der Waals surface area contributed by atoms with E-state index < -0.39 is 0 Å². The molecule has 5 nitrogen and oxygen atoms in total. The summed E-state index contributed by atoms with van der Waals surface area (Å²) in [6, 6.07) is 6.72. The zero-order chi connectivity index (χ0) is 19.6. The minimum Gasteiger partial charge on any atom is -0.367 e. The maximum atomic E-state index is 11.8. The molecule has 27 heavy (non-hydrogen) atoms. The first-order valence-electron chi connectivity index (χ1n) is 9.72. The number of anilines is 1. The normalized spacial score (nSPS) is 23.3. The van der Waals surface area contributed by atoms with Gasteiger partial charge in [0.05, 0.1) is 15.7 Å². The van der Waals surface area contributed by atoms with E-state index in [1.165, 1.54) is 12.8 Å². The highest BCUT2D eigenvalue weighted by Crippen LogP contribution is 2.35. The molecular weight excluding hydrogens is 383 g/mol. The van der Waals surface area contributed by atoms with Gasteiger partial charge in [0, 0.05) is 45.8 Å². The van der Waals surface area contributed by atoms with Crippen LogP contribution in [-0.4, -0.2) is 68.7 Å². The highest BCUT2D eigenvalue weighted by atomic mass is 35.5. The van der Waals surface area contributed by atoms with Gasteiger partial charge in [0.2, 0.25) is 0 Å².